The predicted octanol–water partition coefficient (Wildman–Crippen LogP) is 2.10. The van der Waals surface area contributed by atoms with E-state index < -0.39 is 17.6 Å². The Hall–Kier alpha value is -1.76. The van der Waals surface area contributed by atoms with Crippen molar-refractivity contribution in [3.63, 3.8) is 0 Å². The number of fused-ring (bicyclic) bond motifs is 1. The predicted molar refractivity (Wildman–Crippen MR) is 72.8 cm³/mol. The second-order valence-electron chi connectivity index (χ2n) is 5.49. The van der Waals surface area contributed by atoms with Crippen LogP contribution in [0.2, 0.25) is 5.15 Å². The molecule has 8 heteroatoms. The first-order valence-electron chi connectivity index (χ1n) is 6.66. The maximum atomic E-state index is 13.5. The van der Waals surface area contributed by atoms with Crippen molar-refractivity contribution in [2.24, 2.45) is 0 Å². The summed E-state index contributed by atoms with van der Waals surface area (Å²) in [4.78, 5) is 12.4. The third-order valence-electron chi connectivity index (χ3n) is 3.53. The highest BCUT2D eigenvalue weighted by Gasteiger charge is 2.57. The van der Waals surface area contributed by atoms with Crippen LogP contribution in [0.1, 0.15) is 32.5 Å². The van der Waals surface area contributed by atoms with E-state index in [2.05, 4.69) is 15.3 Å². The van der Waals surface area contributed by atoms with E-state index in [0.29, 0.717) is 5.65 Å². The molecule has 6 nitrogen and oxygen atoms in total. The van der Waals surface area contributed by atoms with Gasteiger partial charge in [-0.1, -0.05) is 11.6 Å². The van der Waals surface area contributed by atoms with Gasteiger partial charge in [0.25, 0.3) is 0 Å². The van der Waals surface area contributed by atoms with Crippen molar-refractivity contribution in [3.05, 3.63) is 23.1 Å². The van der Waals surface area contributed by atoms with Crippen LogP contribution in [-0.4, -0.2) is 38.1 Å². The maximum Gasteiger partial charge on any atom is 0.320 e. The maximum absolute atomic E-state index is 13.5. The fourth-order valence-corrected chi connectivity index (χ4v) is 2.67. The van der Waals surface area contributed by atoms with Crippen molar-refractivity contribution in [1.29, 1.82) is 0 Å². The molecule has 0 unspecified atom stereocenters. The number of nitrogens with zero attached hydrogens (tertiary/aromatic N) is 4. The molecule has 2 aromatic rings. The van der Waals surface area contributed by atoms with Gasteiger partial charge in [-0.15, -0.1) is 10.2 Å². The van der Waals surface area contributed by atoms with E-state index in [1.807, 2.05) is 0 Å². The summed E-state index contributed by atoms with van der Waals surface area (Å²) >= 11 is 5.87. The van der Waals surface area contributed by atoms with Crippen molar-refractivity contribution >= 4 is 23.2 Å². The van der Waals surface area contributed by atoms with Gasteiger partial charge in [0.1, 0.15) is 16.7 Å². The molecule has 21 heavy (non-hydrogen) atoms. The molecular formula is C13H14ClFN4O2. The molecule has 1 aliphatic rings. The highest BCUT2D eigenvalue weighted by molar-refractivity contribution is 6.29. The standard InChI is InChI=1S/C13H14ClFN4O2/c1-7(2)21-12(20)13(5-8(15)6-13)11-17-16-10-4-3-9(14)18-19(10)11/h3-4,7-8H,5-6H2,1-2H3. The van der Waals surface area contributed by atoms with Gasteiger partial charge in [0.2, 0.25) is 0 Å². The lowest BCUT2D eigenvalue weighted by atomic mass is 9.66. The molecule has 0 saturated heterocycles. The third-order valence-corrected chi connectivity index (χ3v) is 3.73. The van der Waals surface area contributed by atoms with E-state index in [-0.39, 0.29) is 29.9 Å². The van der Waals surface area contributed by atoms with Crippen LogP contribution in [0.4, 0.5) is 4.39 Å². The summed E-state index contributed by atoms with van der Waals surface area (Å²) < 4.78 is 20.1. The van der Waals surface area contributed by atoms with E-state index in [1.54, 1.807) is 26.0 Å². The van der Waals surface area contributed by atoms with Crippen LogP contribution in [0.25, 0.3) is 5.65 Å². The van der Waals surface area contributed by atoms with Gasteiger partial charge in [-0.2, -0.15) is 9.61 Å². The molecule has 0 spiro atoms. The van der Waals surface area contributed by atoms with Crippen molar-refractivity contribution in [1.82, 2.24) is 19.8 Å². The Kier molecular flexibility index (Phi) is 3.32. The van der Waals surface area contributed by atoms with Crippen molar-refractivity contribution in [3.8, 4) is 0 Å². The smallest absolute Gasteiger partial charge is 0.320 e. The van der Waals surface area contributed by atoms with Crippen molar-refractivity contribution < 1.29 is 13.9 Å². The molecule has 0 amide bonds. The van der Waals surface area contributed by atoms with Gasteiger partial charge < -0.3 is 4.74 Å². The Balaban J connectivity index is 2.08. The average molecular weight is 313 g/mol. The number of alkyl halides is 1. The largest absolute Gasteiger partial charge is 0.462 e. The molecule has 3 rings (SSSR count). The number of aromatic nitrogens is 4. The zero-order chi connectivity index (χ0) is 15.2. The number of esters is 1. The summed E-state index contributed by atoms with van der Waals surface area (Å²) in [6.45, 7) is 3.49. The van der Waals surface area contributed by atoms with E-state index >= 15 is 0 Å². The molecule has 2 aromatic heterocycles. The topological polar surface area (TPSA) is 69.4 Å². The summed E-state index contributed by atoms with van der Waals surface area (Å²) in [6.07, 6.45) is -1.30. The normalized spacial score (nSPS) is 25.1. The molecule has 0 aromatic carbocycles. The second-order valence-corrected chi connectivity index (χ2v) is 5.88. The number of carbonyl (C=O) groups excluding carboxylic acids is 1. The molecular weight excluding hydrogens is 299 g/mol. The van der Waals surface area contributed by atoms with Gasteiger partial charge in [-0.05, 0) is 26.0 Å². The summed E-state index contributed by atoms with van der Waals surface area (Å²) in [7, 11) is 0. The average Bonchev–Trinajstić information content (AvgIpc) is 2.76. The first kappa shape index (κ1) is 14.2. The molecule has 1 saturated carbocycles. The van der Waals surface area contributed by atoms with Crippen LogP contribution in [0.3, 0.4) is 0 Å². The van der Waals surface area contributed by atoms with Crippen LogP contribution < -0.4 is 0 Å². The van der Waals surface area contributed by atoms with E-state index in [9.17, 15) is 9.18 Å². The fourth-order valence-electron chi connectivity index (χ4n) is 2.53. The summed E-state index contributed by atoms with van der Waals surface area (Å²) in [5, 5.41) is 12.3. The Morgan fingerprint density at radius 2 is 2.19 bits per heavy atom. The summed E-state index contributed by atoms with van der Waals surface area (Å²) in [5.41, 5.74) is -0.686. The molecule has 112 valence electrons. The highest BCUT2D eigenvalue weighted by Crippen LogP contribution is 2.46. The number of carbonyl (C=O) groups is 1. The molecule has 0 atom stereocenters. The summed E-state index contributed by atoms with van der Waals surface area (Å²) in [6, 6.07) is 3.21. The van der Waals surface area contributed by atoms with Gasteiger partial charge in [-0.25, -0.2) is 4.39 Å². The minimum absolute atomic E-state index is 0.0214. The Morgan fingerprint density at radius 1 is 1.48 bits per heavy atom. The molecule has 1 aliphatic carbocycles. The molecule has 1 fully saturated rings. The second kappa shape index (κ2) is 4.91. The zero-order valence-corrected chi connectivity index (χ0v) is 12.3. The molecule has 2 heterocycles. The third kappa shape index (κ3) is 2.25. The Morgan fingerprint density at radius 3 is 2.81 bits per heavy atom. The fraction of sp³-hybridized carbons (Fsp3) is 0.538. The van der Waals surface area contributed by atoms with E-state index in [1.165, 1.54) is 4.52 Å². The van der Waals surface area contributed by atoms with E-state index in [0.717, 1.165) is 0 Å². The number of hydrogen-bond donors (Lipinski definition) is 0. The van der Waals surface area contributed by atoms with Gasteiger partial charge in [0.15, 0.2) is 11.5 Å². The van der Waals surface area contributed by atoms with E-state index in [4.69, 9.17) is 16.3 Å². The van der Waals surface area contributed by atoms with Gasteiger partial charge >= 0.3 is 5.97 Å². The first-order chi connectivity index (χ1) is 9.92. The van der Waals surface area contributed by atoms with Crippen molar-refractivity contribution in [2.45, 2.75) is 44.4 Å². The quantitative estimate of drug-likeness (QED) is 0.812. The van der Waals surface area contributed by atoms with Gasteiger partial charge in [0, 0.05) is 12.8 Å². The number of rotatable bonds is 3. The first-order valence-corrected chi connectivity index (χ1v) is 7.04. The van der Waals surface area contributed by atoms with Crippen LogP contribution in [0.5, 0.6) is 0 Å². The summed E-state index contributed by atoms with van der Waals surface area (Å²) in [5.74, 6) is -0.220. The lowest BCUT2D eigenvalue weighted by Crippen LogP contribution is -2.51. The molecule has 0 N–H and O–H groups in total. The van der Waals surface area contributed by atoms with Crippen LogP contribution in [0.15, 0.2) is 12.1 Å². The monoisotopic (exact) mass is 312 g/mol. The highest BCUT2D eigenvalue weighted by atomic mass is 35.5. The van der Waals surface area contributed by atoms with Gasteiger partial charge in [-0.3, -0.25) is 4.79 Å². The van der Waals surface area contributed by atoms with Crippen molar-refractivity contribution in [2.75, 3.05) is 0 Å². The lowest BCUT2D eigenvalue weighted by Gasteiger charge is -2.40. The van der Waals surface area contributed by atoms with Crippen LogP contribution in [0, 0.1) is 0 Å². The minimum Gasteiger partial charge on any atom is -0.462 e. The molecule has 0 bridgehead atoms. The van der Waals surface area contributed by atoms with Crippen LogP contribution >= 0.6 is 11.6 Å². The number of halogens is 2. The zero-order valence-electron chi connectivity index (χ0n) is 11.6. The Labute approximate surface area is 125 Å². The Bertz CT molecular complexity index is 697. The molecule has 0 aliphatic heterocycles. The molecule has 0 radical (unpaired) electrons. The number of ether oxygens (including phenoxy) is 1. The minimum atomic E-state index is -1.14. The SMILES string of the molecule is CC(C)OC(=O)C1(c2nnc3ccc(Cl)nn23)CC(F)C1. The lowest BCUT2D eigenvalue weighted by molar-refractivity contribution is -0.162. The number of hydrogen-bond acceptors (Lipinski definition) is 5. The van der Waals surface area contributed by atoms with Gasteiger partial charge in [0.05, 0.1) is 6.10 Å². The van der Waals surface area contributed by atoms with Crippen LogP contribution in [-0.2, 0) is 14.9 Å².